The summed E-state index contributed by atoms with van der Waals surface area (Å²) in [4.78, 5) is 27.5. The van der Waals surface area contributed by atoms with E-state index in [-0.39, 0.29) is 18.2 Å². The SMILES string of the molecule is CC(NC(=O)CCCn1c(O)c(/C=C2/C=Nc3ccccc32)sc1=S)C(=O)O. The highest BCUT2D eigenvalue weighted by atomic mass is 32.1. The van der Waals surface area contributed by atoms with Gasteiger partial charge < -0.3 is 15.5 Å². The van der Waals surface area contributed by atoms with Crippen LogP contribution in [-0.4, -0.2) is 38.9 Å². The quantitative estimate of drug-likeness (QED) is 0.597. The van der Waals surface area contributed by atoms with E-state index in [4.69, 9.17) is 17.3 Å². The molecule has 0 fully saturated rings. The number of thiazole rings is 1. The maximum atomic E-state index is 11.8. The lowest BCUT2D eigenvalue weighted by Crippen LogP contribution is -2.38. The summed E-state index contributed by atoms with van der Waals surface area (Å²) >= 11 is 6.63. The number of para-hydroxylation sites is 1. The van der Waals surface area contributed by atoms with E-state index in [0.29, 0.717) is 21.8 Å². The number of carbonyl (C=O) groups excluding carboxylic acids is 1. The number of aliphatic imine (C=N–C) groups is 1. The summed E-state index contributed by atoms with van der Waals surface area (Å²) in [6, 6.07) is 6.82. The molecule has 1 aromatic carbocycles. The number of fused-ring (bicyclic) bond motifs is 1. The van der Waals surface area contributed by atoms with Crippen LogP contribution < -0.4 is 5.32 Å². The van der Waals surface area contributed by atoms with Gasteiger partial charge in [-0.15, -0.1) is 11.3 Å². The highest BCUT2D eigenvalue weighted by Crippen LogP contribution is 2.35. The van der Waals surface area contributed by atoms with Gasteiger partial charge in [0.25, 0.3) is 0 Å². The molecular weight excluding hydrogens is 398 g/mol. The molecule has 1 atom stereocenters. The molecule has 1 aliphatic heterocycles. The Morgan fingerprint density at radius 2 is 2.14 bits per heavy atom. The first-order valence-corrected chi connectivity index (χ1v) is 9.89. The molecule has 0 saturated heterocycles. The van der Waals surface area contributed by atoms with Crippen molar-refractivity contribution in [3.63, 3.8) is 0 Å². The van der Waals surface area contributed by atoms with Crippen molar-refractivity contribution in [1.29, 1.82) is 0 Å². The summed E-state index contributed by atoms with van der Waals surface area (Å²) in [5, 5.41) is 21.7. The number of benzene rings is 1. The third-order valence-corrected chi connectivity index (χ3v) is 5.66. The van der Waals surface area contributed by atoms with E-state index < -0.39 is 12.0 Å². The molecule has 3 N–H and O–H groups in total. The largest absolute Gasteiger partial charge is 0.493 e. The number of allylic oxidation sites excluding steroid dienone is 1. The molecule has 0 aliphatic carbocycles. The number of amides is 1. The Kier molecular flexibility index (Phi) is 6.05. The van der Waals surface area contributed by atoms with Gasteiger partial charge in [-0.1, -0.05) is 18.2 Å². The average molecular weight is 418 g/mol. The van der Waals surface area contributed by atoms with Crippen molar-refractivity contribution in [2.24, 2.45) is 4.99 Å². The Morgan fingerprint density at radius 3 is 2.89 bits per heavy atom. The van der Waals surface area contributed by atoms with Gasteiger partial charge in [-0.2, -0.15) is 0 Å². The lowest BCUT2D eigenvalue weighted by Gasteiger charge is -2.09. The van der Waals surface area contributed by atoms with Crippen LogP contribution in [0.3, 0.4) is 0 Å². The van der Waals surface area contributed by atoms with Crippen LogP contribution in [0, 0.1) is 3.95 Å². The van der Waals surface area contributed by atoms with Crippen LogP contribution in [0.15, 0.2) is 29.3 Å². The third kappa shape index (κ3) is 4.37. The van der Waals surface area contributed by atoms with Gasteiger partial charge in [0.1, 0.15) is 6.04 Å². The predicted molar refractivity (Wildman–Crippen MR) is 112 cm³/mol. The molecule has 0 radical (unpaired) electrons. The first-order chi connectivity index (χ1) is 13.4. The molecule has 2 aromatic rings. The van der Waals surface area contributed by atoms with Crippen LogP contribution in [0.1, 0.15) is 30.2 Å². The van der Waals surface area contributed by atoms with Crippen molar-refractivity contribution in [2.45, 2.75) is 32.4 Å². The zero-order valence-corrected chi connectivity index (χ0v) is 16.7. The summed E-state index contributed by atoms with van der Waals surface area (Å²) in [6.07, 6.45) is 4.18. The molecule has 28 heavy (non-hydrogen) atoms. The van der Waals surface area contributed by atoms with Crippen LogP contribution in [0.5, 0.6) is 5.88 Å². The monoisotopic (exact) mass is 417 g/mol. The molecule has 7 nitrogen and oxygen atoms in total. The normalized spacial score (nSPS) is 14.8. The molecule has 1 aliphatic rings. The van der Waals surface area contributed by atoms with Crippen LogP contribution >= 0.6 is 23.6 Å². The lowest BCUT2D eigenvalue weighted by atomic mass is 10.1. The van der Waals surface area contributed by atoms with E-state index in [2.05, 4.69) is 10.3 Å². The first kappa shape index (κ1) is 20.0. The van der Waals surface area contributed by atoms with E-state index in [0.717, 1.165) is 16.8 Å². The Hall–Kier alpha value is -2.78. The lowest BCUT2D eigenvalue weighted by molar-refractivity contribution is -0.141. The minimum atomic E-state index is -1.08. The molecule has 3 rings (SSSR count). The van der Waals surface area contributed by atoms with Crippen LogP contribution in [0.25, 0.3) is 11.6 Å². The zero-order chi connectivity index (χ0) is 20.3. The van der Waals surface area contributed by atoms with Crippen LogP contribution in [0.2, 0.25) is 0 Å². The van der Waals surface area contributed by atoms with E-state index in [1.165, 1.54) is 18.3 Å². The second-order valence-corrected chi connectivity index (χ2v) is 7.99. The van der Waals surface area contributed by atoms with Gasteiger partial charge in [0, 0.05) is 30.3 Å². The number of aromatic nitrogens is 1. The molecule has 0 bridgehead atoms. The molecule has 146 valence electrons. The molecule has 0 spiro atoms. The number of hydrogen-bond donors (Lipinski definition) is 3. The maximum absolute atomic E-state index is 11.8. The number of carboxylic acids is 1. The Balaban J connectivity index is 1.67. The van der Waals surface area contributed by atoms with Gasteiger partial charge in [-0.25, -0.2) is 0 Å². The smallest absolute Gasteiger partial charge is 0.325 e. The Labute approximate surface area is 170 Å². The summed E-state index contributed by atoms with van der Waals surface area (Å²) in [5.41, 5.74) is 2.78. The van der Waals surface area contributed by atoms with Gasteiger partial charge >= 0.3 is 5.97 Å². The Bertz CT molecular complexity index is 1040. The number of nitrogens with one attached hydrogen (secondary N) is 1. The fraction of sp³-hybridized carbons (Fsp3) is 0.263. The minimum absolute atomic E-state index is 0.0552. The van der Waals surface area contributed by atoms with Crippen molar-refractivity contribution in [2.75, 3.05) is 0 Å². The average Bonchev–Trinajstić information content (AvgIpc) is 3.18. The van der Waals surface area contributed by atoms with Crippen molar-refractivity contribution in [1.82, 2.24) is 9.88 Å². The van der Waals surface area contributed by atoms with E-state index in [1.807, 2.05) is 30.3 Å². The van der Waals surface area contributed by atoms with Gasteiger partial charge in [0.2, 0.25) is 11.8 Å². The first-order valence-electron chi connectivity index (χ1n) is 8.66. The number of aliphatic carboxylic acids is 1. The van der Waals surface area contributed by atoms with E-state index >= 15 is 0 Å². The van der Waals surface area contributed by atoms with Gasteiger partial charge in [-0.3, -0.25) is 19.1 Å². The maximum Gasteiger partial charge on any atom is 0.325 e. The molecular formula is C19H19N3O4S2. The number of rotatable bonds is 7. The molecule has 1 aromatic heterocycles. The number of carboxylic acid groups (broad SMARTS) is 1. The van der Waals surface area contributed by atoms with Crippen molar-refractivity contribution >= 4 is 59.0 Å². The zero-order valence-electron chi connectivity index (χ0n) is 15.1. The van der Waals surface area contributed by atoms with Crippen LogP contribution in [0.4, 0.5) is 5.69 Å². The standard InChI is InChI=1S/C19H19N3O4S2/c1-11(18(25)26)21-16(23)7-4-8-22-17(24)15(28-19(22)27)9-12-10-20-14-6-3-2-5-13(12)14/h2-3,5-6,9-11,24H,4,7-8H2,1H3,(H,21,23)(H,25,26)/b12-9-. The van der Waals surface area contributed by atoms with Gasteiger partial charge in [-0.05, 0) is 37.7 Å². The summed E-state index contributed by atoms with van der Waals surface area (Å²) in [7, 11) is 0. The summed E-state index contributed by atoms with van der Waals surface area (Å²) < 4.78 is 2.09. The fourth-order valence-corrected chi connectivity index (χ4v) is 4.08. The highest BCUT2D eigenvalue weighted by molar-refractivity contribution is 7.73. The second kappa shape index (κ2) is 8.49. The van der Waals surface area contributed by atoms with Gasteiger partial charge in [0.15, 0.2) is 3.95 Å². The number of aromatic hydroxyl groups is 1. The summed E-state index contributed by atoms with van der Waals surface area (Å²) in [5.74, 6) is -1.38. The van der Waals surface area contributed by atoms with E-state index in [9.17, 15) is 14.7 Å². The molecule has 1 amide bonds. The molecule has 2 heterocycles. The summed E-state index contributed by atoms with van der Waals surface area (Å²) in [6.45, 7) is 1.77. The molecule has 1 unspecified atom stereocenters. The molecule has 9 heteroatoms. The number of carbonyl (C=O) groups is 2. The second-order valence-electron chi connectivity index (χ2n) is 6.31. The minimum Gasteiger partial charge on any atom is -0.493 e. The number of hydrogen-bond acceptors (Lipinski definition) is 6. The van der Waals surface area contributed by atoms with Crippen molar-refractivity contribution in [3.8, 4) is 5.88 Å². The van der Waals surface area contributed by atoms with Crippen molar-refractivity contribution in [3.05, 3.63) is 38.7 Å². The topological polar surface area (TPSA) is 104 Å². The predicted octanol–water partition coefficient (Wildman–Crippen LogP) is 3.61. The molecule has 0 saturated carbocycles. The van der Waals surface area contributed by atoms with E-state index in [1.54, 1.807) is 10.8 Å². The highest BCUT2D eigenvalue weighted by Gasteiger charge is 2.16. The third-order valence-electron chi connectivity index (χ3n) is 4.27. The number of nitrogens with zero attached hydrogens (tertiary/aromatic N) is 2. The fourth-order valence-electron chi connectivity index (χ4n) is 2.77. The van der Waals surface area contributed by atoms with Crippen molar-refractivity contribution < 1.29 is 19.8 Å². The van der Waals surface area contributed by atoms with Gasteiger partial charge in [0.05, 0.1) is 10.6 Å². The Morgan fingerprint density at radius 1 is 1.39 bits per heavy atom. The van der Waals surface area contributed by atoms with Crippen LogP contribution in [-0.2, 0) is 16.1 Å².